The highest BCUT2D eigenvalue weighted by Crippen LogP contribution is 2.40. The molecule has 10 heteroatoms. The maximum Gasteiger partial charge on any atom is 0.423 e. The molecule has 0 saturated heterocycles. The van der Waals surface area contributed by atoms with E-state index in [1.807, 2.05) is 25.1 Å². The molecule has 2 heterocycles. The summed E-state index contributed by atoms with van der Waals surface area (Å²) in [6.07, 6.45) is -3.63. The lowest BCUT2D eigenvalue weighted by Crippen LogP contribution is -2.42. The summed E-state index contributed by atoms with van der Waals surface area (Å²) in [6, 6.07) is 5.60. The van der Waals surface area contributed by atoms with Crippen molar-refractivity contribution in [3.63, 3.8) is 0 Å². The Hall–Kier alpha value is -2.46. The van der Waals surface area contributed by atoms with Crippen LogP contribution in [0.3, 0.4) is 0 Å². The molecule has 1 aromatic carbocycles. The van der Waals surface area contributed by atoms with Crippen molar-refractivity contribution in [3.8, 4) is 0 Å². The zero-order valence-electron chi connectivity index (χ0n) is 16.8. The van der Waals surface area contributed by atoms with Crippen LogP contribution in [0.5, 0.6) is 0 Å². The first-order valence-electron chi connectivity index (χ1n) is 9.55. The second kappa shape index (κ2) is 8.35. The highest BCUT2D eigenvalue weighted by molar-refractivity contribution is 7.21. The van der Waals surface area contributed by atoms with Gasteiger partial charge in [0, 0.05) is 4.70 Å². The summed E-state index contributed by atoms with van der Waals surface area (Å²) in [5.74, 6) is -0.357. The van der Waals surface area contributed by atoms with Gasteiger partial charge in [-0.3, -0.25) is 0 Å². The highest BCUT2D eigenvalue weighted by Gasteiger charge is 2.55. The van der Waals surface area contributed by atoms with Crippen molar-refractivity contribution in [3.05, 3.63) is 46.1 Å². The fourth-order valence-corrected chi connectivity index (χ4v) is 4.54. The summed E-state index contributed by atoms with van der Waals surface area (Å²) in [6.45, 7) is 5.42. The van der Waals surface area contributed by atoms with Crippen molar-refractivity contribution < 1.29 is 27.8 Å². The molecule has 0 aliphatic rings. The third-order valence-corrected chi connectivity index (χ3v) is 6.13. The third kappa shape index (κ3) is 3.93. The Morgan fingerprint density at radius 3 is 2.60 bits per heavy atom. The number of ether oxygens (including phenoxy) is 1. The molecule has 1 N–H and O–H groups in total. The van der Waals surface area contributed by atoms with Crippen LogP contribution < -0.4 is 0 Å². The van der Waals surface area contributed by atoms with E-state index in [9.17, 15) is 23.1 Å². The normalized spacial score (nSPS) is 14.1. The Labute approximate surface area is 175 Å². The molecular weight excluding hydrogens is 419 g/mol. The first-order valence-corrected chi connectivity index (χ1v) is 10.4. The fraction of sp³-hybridized carbons (Fsp3) is 0.450. The number of nitrogens with zero attached hydrogens (tertiary/aromatic N) is 3. The number of carbonyl (C=O) groups is 1. The van der Waals surface area contributed by atoms with Crippen molar-refractivity contribution in [2.24, 2.45) is 0 Å². The van der Waals surface area contributed by atoms with Gasteiger partial charge in [-0.15, -0.1) is 16.4 Å². The van der Waals surface area contributed by atoms with Crippen LogP contribution in [0.4, 0.5) is 13.2 Å². The van der Waals surface area contributed by atoms with Gasteiger partial charge in [-0.25, -0.2) is 9.48 Å². The second-order valence-electron chi connectivity index (χ2n) is 6.83. The van der Waals surface area contributed by atoms with Crippen LogP contribution in [-0.2, 0) is 23.3 Å². The monoisotopic (exact) mass is 441 g/mol. The van der Waals surface area contributed by atoms with E-state index < -0.39 is 23.9 Å². The van der Waals surface area contributed by atoms with E-state index in [0.717, 1.165) is 27.4 Å². The largest absolute Gasteiger partial charge is 0.462 e. The Morgan fingerprint density at radius 2 is 2.00 bits per heavy atom. The number of hydrogen-bond donors (Lipinski definition) is 1. The Kier molecular flexibility index (Phi) is 6.19. The van der Waals surface area contributed by atoms with Crippen LogP contribution in [0, 0.1) is 0 Å². The Morgan fingerprint density at radius 1 is 1.27 bits per heavy atom. The molecule has 0 amide bonds. The van der Waals surface area contributed by atoms with Gasteiger partial charge in [0.05, 0.1) is 19.3 Å². The number of aliphatic hydroxyl groups is 1. The van der Waals surface area contributed by atoms with Gasteiger partial charge in [0.15, 0.2) is 0 Å². The number of alkyl halides is 3. The first kappa shape index (κ1) is 22.2. The molecule has 30 heavy (non-hydrogen) atoms. The third-order valence-electron chi connectivity index (χ3n) is 4.96. The topological polar surface area (TPSA) is 77.2 Å². The fourth-order valence-electron chi connectivity index (χ4n) is 3.28. The number of esters is 1. The van der Waals surface area contributed by atoms with E-state index >= 15 is 0 Å². The molecular formula is C20H22F3N3O3S. The average Bonchev–Trinajstić information content (AvgIpc) is 3.30. The van der Waals surface area contributed by atoms with Crippen LogP contribution in [0.25, 0.3) is 10.1 Å². The molecule has 162 valence electrons. The predicted octanol–water partition coefficient (Wildman–Crippen LogP) is 4.44. The standard InChI is InChI=1S/C20H22F3N3O3S/c1-4-13-14-8-7-12(9-15(14)30-17(13)18(27)29-6-3)10-26-11-16(24-25-26)19(28,5-2)20(21,22)23/h7-9,11,28H,4-6,10H2,1-3H3. The summed E-state index contributed by atoms with van der Waals surface area (Å²) in [5, 5.41) is 18.3. The molecule has 0 saturated carbocycles. The van der Waals surface area contributed by atoms with Crippen molar-refractivity contribution in [2.45, 2.75) is 51.9 Å². The highest BCUT2D eigenvalue weighted by atomic mass is 32.1. The number of aromatic nitrogens is 3. The van der Waals surface area contributed by atoms with Gasteiger partial charge < -0.3 is 9.84 Å². The number of rotatable bonds is 7. The molecule has 1 atom stereocenters. The van der Waals surface area contributed by atoms with Crippen molar-refractivity contribution >= 4 is 27.4 Å². The van der Waals surface area contributed by atoms with Crippen LogP contribution >= 0.6 is 11.3 Å². The average molecular weight is 441 g/mol. The first-order chi connectivity index (χ1) is 14.1. The summed E-state index contributed by atoms with van der Waals surface area (Å²) in [7, 11) is 0. The molecule has 6 nitrogen and oxygen atoms in total. The molecule has 0 spiro atoms. The maximum absolute atomic E-state index is 13.2. The smallest absolute Gasteiger partial charge is 0.423 e. The minimum Gasteiger partial charge on any atom is -0.462 e. The summed E-state index contributed by atoms with van der Waals surface area (Å²) >= 11 is 1.33. The second-order valence-corrected chi connectivity index (χ2v) is 7.88. The van der Waals surface area contributed by atoms with Gasteiger partial charge in [0.2, 0.25) is 5.60 Å². The van der Waals surface area contributed by atoms with E-state index in [2.05, 4.69) is 10.3 Å². The molecule has 0 aliphatic heterocycles. The maximum atomic E-state index is 13.2. The lowest BCUT2D eigenvalue weighted by molar-refractivity contribution is -0.269. The SMILES string of the molecule is CCOC(=O)c1sc2cc(Cn3cc(C(O)(CC)C(F)(F)F)nn3)ccc2c1CC. The lowest BCUT2D eigenvalue weighted by atomic mass is 9.96. The number of carbonyl (C=O) groups excluding carboxylic acids is 1. The van der Waals surface area contributed by atoms with Crippen molar-refractivity contribution in [1.29, 1.82) is 0 Å². The molecule has 0 aliphatic carbocycles. The van der Waals surface area contributed by atoms with E-state index in [0.29, 0.717) is 11.3 Å². The van der Waals surface area contributed by atoms with Gasteiger partial charge in [0.1, 0.15) is 10.6 Å². The number of benzene rings is 1. The van der Waals surface area contributed by atoms with Gasteiger partial charge >= 0.3 is 12.1 Å². The molecule has 0 radical (unpaired) electrons. The Bertz CT molecular complexity index is 1060. The number of hydrogen-bond acceptors (Lipinski definition) is 6. The van der Waals surface area contributed by atoms with Crippen LogP contribution in [-0.4, -0.2) is 38.9 Å². The zero-order valence-corrected chi connectivity index (χ0v) is 17.6. The number of halogens is 3. The molecule has 0 bridgehead atoms. The Balaban J connectivity index is 1.90. The van der Waals surface area contributed by atoms with Crippen molar-refractivity contribution in [1.82, 2.24) is 15.0 Å². The minimum absolute atomic E-state index is 0.175. The lowest BCUT2D eigenvalue weighted by Gasteiger charge is -2.26. The van der Waals surface area contributed by atoms with Crippen LogP contribution in [0.2, 0.25) is 0 Å². The molecule has 0 fully saturated rings. The van der Waals surface area contributed by atoms with Gasteiger partial charge in [-0.2, -0.15) is 13.2 Å². The van der Waals surface area contributed by atoms with E-state index in [1.54, 1.807) is 6.92 Å². The van der Waals surface area contributed by atoms with Crippen LogP contribution in [0.1, 0.15) is 53.7 Å². The predicted molar refractivity (Wildman–Crippen MR) is 107 cm³/mol. The van der Waals surface area contributed by atoms with Crippen LogP contribution in [0.15, 0.2) is 24.4 Å². The molecule has 3 aromatic rings. The molecule has 1 unspecified atom stereocenters. The van der Waals surface area contributed by atoms with Gasteiger partial charge in [-0.1, -0.05) is 31.2 Å². The van der Waals surface area contributed by atoms with E-state index in [-0.39, 0.29) is 19.1 Å². The number of thiophene rings is 1. The van der Waals surface area contributed by atoms with Gasteiger partial charge in [0.25, 0.3) is 0 Å². The van der Waals surface area contributed by atoms with E-state index in [1.165, 1.54) is 22.9 Å². The van der Waals surface area contributed by atoms with Gasteiger partial charge in [-0.05, 0) is 42.3 Å². The summed E-state index contributed by atoms with van der Waals surface area (Å²) < 4.78 is 47.0. The minimum atomic E-state index is -4.85. The molecule has 2 aromatic heterocycles. The summed E-state index contributed by atoms with van der Waals surface area (Å²) in [4.78, 5) is 12.8. The molecule has 3 rings (SSSR count). The summed E-state index contributed by atoms with van der Waals surface area (Å²) in [5.41, 5.74) is -1.87. The number of fused-ring (bicyclic) bond motifs is 1. The van der Waals surface area contributed by atoms with E-state index in [4.69, 9.17) is 4.74 Å². The number of aryl methyl sites for hydroxylation is 1. The van der Waals surface area contributed by atoms with Crippen molar-refractivity contribution in [2.75, 3.05) is 6.61 Å². The quantitative estimate of drug-likeness (QED) is 0.549. The zero-order chi connectivity index (χ0) is 22.1.